The molecule has 1 unspecified atom stereocenters. The summed E-state index contributed by atoms with van der Waals surface area (Å²) in [5.41, 5.74) is 1.54. The molecule has 0 spiro atoms. The summed E-state index contributed by atoms with van der Waals surface area (Å²) < 4.78 is 31.7. The summed E-state index contributed by atoms with van der Waals surface area (Å²) in [5.74, 6) is 0.239. The average molecular weight is 566 g/mol. The zero-order chi connectivity index (χ0) is 28.7. The van der Waals surface area contributed by atoms with Crippen molar-refractivity contribution in [2.24, 2.45) is 0 Å². The largest absolute Gasteiger partial charge is 0.497 e. The smallest absolute Gasteiger partial charge is 0.243 e. The van der Waals surface area contributed by atoms with Gasteiger partial charge in [-0.3, -0.25) is 13.9 Å². The molecule has 10 heteroatoms. The van der Waals surface area contributed by atoms with Crippen LogP contribution in [0.4, 0.5) is 5.69 Å². The molecule has 0 aliphatic heterocycles. The third-order valence-electron chi connectivity index (χ3n) is 6.06. The molecule has 0 saturated carbocycles. The summed E-state index contributed by atoms with van der Waals surface area (Å²) in [7, 11) is -2.03. The summed E-state index contributed by atoms with van der Waals surface area (Å²) >= 11 is 6.23. The van der Waals surface area contributed by atoms with Gasteiger partial charge in [0.25, 0.3) is 0 Å². The summed E-state index contributed by atoms with van der Waals surface area (Å²) in [5, 5.41) is 3.45. The predicted octanol–water partition coefficient (Wildman–Crippen LogP) is 4.93. The fraction of sp³-hybridized carbons (Fsp3) is 0.500. The molecule has 0 aromatic heterocycles. The lowest BCUT2D eigenvalue weighted by Gasteiger charge is -2.33. The van der Waals surface area contributed by atoms with Crippen molar-refractivity contribution >= 4 is 39.1 Å². The van der Waals surface area contributed by atoms with Gasteiger partial charge in [0.1, 0.15) is 11.8 Å². The van der Waals surface area contributed by atoms with Crippen LogP contribution in [0.3, 0.4) is 0 Å². The Bertz CT molecular complexity index is 1210. The number of methoxy groups -OCH3 is 1. The van der Waals surface area contributed by atoms with Crippen molar-refractivity contribution in [3.63, 3.8) is 0 Å². The fourth-order valence-electron chi connectivity index (χ4n) is 4.15. The SMILES string of the molecule is CCC(C(=O)NC(C)(C)C)N(Cc1ccc(OC)cc1)C(=O)CCCN(c1cccc(Cl)c1C)S(C)(=O)=O. The van der Waals surface area contributed by atoms with E-state index in [-0.39, 0.29) is 37.7 Å². The highest BCUT2D eigenvalue weighted by Crippen LogP contribution is 2.28. The van der Waals surface area contributed by atoms with Gasteiger partial charge in [0.05, 0.1) is 19.1 Å². The van der Waals surface area contributed by atoms with Crippen LogP contribution in [0.1, 0.15) is 58.1 Å². The van der Waals surface area contributed by atoms with Crippen molar-refractivity contribution in [1.29, 1.82) is 0 Å². The lowest BCUT2D eigenvalue weighted by Crippen LogP contribution is -2.53. The zero-order valence-electron chi connectivity index (χ0n) is 23.4. The number of hydrogen-bond donors (Lipinski definition) is 1. The monoisotopic (exact) mass is 565 g/mol. The topological polar surface area (TPSA) is 96.0 Å². The first-order valence-corrected chi connectivity index (χ1v) is 14.9. The van der Waals surface area contributed by atoms with Gasteiger partial charge in [-0.05, 0) is 75.9 Å². The van der Waals surface area contributed by atoms with Crippen molar-refractivity contribution in [3.05, 3.63) is 58.6 Å². The van der Waals surface area contributed by atoms with Crippen molar-refractivity contribution in [2.45, 2.75) is 72.0 Å². The van der Waals surface area contributed by atoms with Crippen LogP contribution in [0.2, 0.25) is 5.02 Å². The van der Waals surface area contributed by atoms with E-state index in [2.05, 4.69) is 5.32 Å². The van der Waals surface area contributed by atoms with Crippen LogP contribution >= 0.6 is 11.6 Å². The quantitative estimate of drug-likeness (QED) is 0.394. The van der Waals surface area contributed by atoms with Crippen LogP contribution < -0.4 is 14.4 Å². The maximum Gasteiger partial charge on any atom is 0.243 e. The Labute approximate surface area is 232 Å². The summed E-state index contributed by atoms with van der Waals surface area (Å²) in [6.07, 6.45) is 1.91. The molecule has 2 amide bonds. The Morgan fingerprint density at radius 3 is 2.26 bits per heavy atom. The van der Waals surface area contributed by atoms with Crippen LogP contribution in [0, 0.1) is 6.92 Å². The molecule has 2 aromatic rings. The first-order chi connectivity index (χ1) is 17.7. The van der Waals surface area contributed by atoms with E-state index in [0.717, 1.165) is 11.8 Å². The second-order valence-electron chi connectivity index (χ2n) is 10.4. The number of ether oxygens (including phenoxy) is 1. The molecule has 8 nitrogen and oxygen atoms in total. The number of nitrogens with zero attached hydrogens (tertiary/aromatic N) is 2. The Morgan fingerprint density at radius 1 is 1.11 bits per heavy atom. The number of halogens is 1. The predicted molar refractivity (Wildman–Crippen MR) is 153 cm³/mol. The van der Waals surface area contributed by atoms with E-state index in [9.17, 15) is 18.0 Å². The van der Waals surface area contributed by atoms with Gasteiger partial charge in [-0.2, -0.15) is 0 Å². The van der Waals surface area contributed by atoms with Crippen LogP contribution in [-0.4, -0.2) is 56.6 Å². The maximum atomic E-state index is 13.6. The molecule has 0 saturated heterocycles. The van der Waals surface area contributed by atoms with Gasteiger partial charge in [0.15, 0.2) is 0 Å². The molecule has 2 rings (SSSR count). The Morgan fingerprint density at radius 2 is 1.74 bits per heavy atom. The lowest BCUT2D eigenvalue weighted by molar-refractivity contribution is -0.142. The van der Waals surface area contributed by atoms with Gasteiger partial charge in [-0.25, -0.2) is 8.42 Å². The molecular weight excluding hydrogens is 526 g/mol. The van der Waals surface area contributed by atoms with Crippen molar-refractivity contribution in [2.75, 3.05) is 24.2 Å². The molecule has 0 aliphatic carbocycles. The molecule has 0 aliphatic rings. The van der Waals surface area contributed by atoms with Crippen LogP contribution in [0.15, 0.2) is 42.5 Å². The molecule has 0 fully saturated rings. The van der Waals surface area contributed by atoms with Gasteiger partial charge in [-0.15, -0.1) is 0 Å². The lowest BCUT2D eigenvalue weighted by atomic mass is 10.0. The summed E-state index contributed by atoms with van der Waals surface area (Å²) in [4.78, 5) is 28.3. The van der Waals surface area contributed by atoms with Gasteiger partial charge >= 0.3 is 0 Å². The first-order valence-electron chi connectivity index (χ1n) is 12.6. The van der Waals surface area contributed by atoms with Crippen molar-refractivity contribution in [1.82, 2.24) is 10.2 Å². The minimum absolute atomic E-state index is 0.0705. The number of amides is 2. The zero-order valence-corrected chi connectivity index (χ0v) is 24.9. The highest BCUT2D eigenvalue weighted by Gasteiger charge is 2.31. The molecule has 0 heterocycles. The summed E-state index contributed by atoms with van der Waals surface area (Å²) in [6.45, 7) is 9.65. The fourth-order valence-corrected chi connectivity index (χ4v) is 5.33. The highest BCUT2D eigenvalue weighted by atomic mass is 35.5. The third kappa shape index (κ3) is 8.91. The maximum absolute atomic E-state index is 13.6. The molecule has 210 valence electrons. The molecule has 1 N–H and O–H groups in total. The molecule has 2 aromatic carbocycles. The minimum Gasteiger partial charge on any atom is -0.497 e. The van der Waals surface area contributed by atoms with Gasteiger partial charge in [-0.1, -0.05) is 36.7 Å². The Balaban J connectivity index is 2.28. The van der Waals surface area contributed by atoms with E-state index in [0.29, 0.717) is 28.4 Å². The Hall–Kier alpha value is -2.78. The minimum atomic E-state index is -3.61. The second-order valence-corrected chi connectivity index (χ2v) is 12.7. The van der Waals surface area contributed by atoms with E-state index in [1.54, 1.807) is 37.1 Å². The van der Waals surface area contributed by atoms with E-state index < -0.39 is 21.6 Å². The second kappa shape index (κ2) is 13.3. The average Bonchev–Trinajstić information content (AvgIpc) is 2.82. The number of benzene rings is 2. The molecule has 0 bridgehead atoms. The molecule has 1 atom stereocenters. The highest BCUT2D eigenvalue weighted by molar-refractivity contribution is 7.92. The van der Waals surface area contributed by atoms with E-state index in [1.165, 1.54) is 4.31 Å². The Kier molecular flexibility index (Phi) is 11.0. The van der Waals surface area contributed by atoms with Crippen LogP contribution in [0.25, 0.3) is 0 Å². The molecule has 38 heavy (non-hydrogen) atoms. The third-order valence-corrected chi connectivity index (χ3v) is 7.65. The normalized spacial score (nSPS) is 12.5. The first kappa shape index (κ1) is 31.4. The number of hydrogen-bond acceptors (Lipinski definition) is 5. The number of carbonyl (C=O) groups is 2. The van der Waals surface area contributed by atoms with Gasteiger partial charge in [0, 0.05) is 30.1 Å². The van der Waals surface area contributed by atoms with Gasteiger partial charge < -0.3 is 15.0 Å². The number of nitrogens with one attached hydrogen (secondary N) is 1. The van der Waals surface area contributed by atoms with E-state index in [1.807, 2.05) is 52.0 Å². The van der Waals surface area contributed by atoms with Crippen LogP contribution in [0.5, 0.6) is 5.75 Å². The number of carbonyl (C=O) groups excluding carboxylic acids is 2. The number of sulfonamides is 1. The van der Waals surface area contributed by atoms with Gasteiger partial charge in [0.2, 0.25) is 21.8 Å². The van der Waals surface area contributed by atoms with Crippen molar-refractivity contribution in [3.8, 4) is 5.75 Å². The van der Waals surface area contributed by atoms with E-state index in [4.69, 9.17) is 16.3 Å². The van der Waals surface area contributed by atoms with Crippen LogP contribution in [-0.2, 0) is 26.2 Å². The standard InChI is InChI=1S/C28H40ClN3O5S/c1-8-24(27(34)30-28(3,4)5)31(19-21-14-16-22(37-6)17-15-21)26(33)13-10-18-32(38(7,35)36)25-12-9-11-23(29)20(25)2/h9,11-12,14-17,24H,8,10,13,18-19H2,1-7H3,(H,30,34). The summed E-state index contributed by atoms with van der Waals surface area (Å²) in [6, 6.07) is 11.8. The molecular formula is C28H40ClN3O5S. The van der Waals surface area contributed by atoms with E-state index >= 15 is 0 Å². The van der Waals surface area contributed by atoms with Crippen molar-refractivity contribution < 1.29 is 22.7 Å². The number of rotatable bonds is 12. The molecule has 0 radical (unpaired) electrons. The number of anilines is 1.